The van der Waals surface area contributed by atoms with E-state index in [4.69, 9.17) is 5.11 Å². The molecule has 0 spiro atoms. The predicted octanol–water partition coefficient (Wildman–Crippen LogP) is 1.87. The lowest BCUT2D eigenvalue weighted by molar-refractivity contribution is 0.329. The molecule has 0 bridgehead atoms. The van der Waals surface area contributed by atoms with Crippen molar-refractivity contribution in [3.63, 3.8) is 0 Å². The summed E-state index contributed by atoms with van der Waals surface area (Å²) in [7, 11) is 0. The summed E-state index contributed by atoms with van der Waals surface area (Å²) < 4.78 is 0. The number of aliphatic hydroxyl groups excluding tert-OH is 1. The van der Waals surface area contributed by atoms with Gasteiger partial charge in [-0.1, -0.05) is 19.1 Å². The van der Waals surface area contributed by atoms with Gasteiger partial charge in [-0.15, -0.1) is 0 Å². The zero-order chi connectivity index (χ0) is 8.81. The molecule has 0 radical (unpaired) electrons. The van der Waals surface area contributed by atoms with Crippen LogP contribution in [0, 0.1) is 0 Å². The van der Waals surface area contributed by atoms with Crippen molar-refractivity contribution in [1.29, 1.82) is 0 Å². The second kappa shape index (κ2) is 4.67. The van der Waals surface area contributed by atoms with Crippen LogP contribution in [0.4, 0.5) is 0 Å². The molecule has 1 aromatic rings. The Balaban J connectivity index is 2.79. The molecule has 0 aliphatic carbocycles. The molecular formula is C10H13NO. The summed E-state index contributed by atoms with van der Waals surface area (Å²) in [4.78, 5) is 3.98. The van der Waals surface area contributed by atoms with Crippen molar-refractivity contribution in [1.82, 2.24) is 4.98 Å². The Morgan fingerprint density at radius 3 is 3.00 bits per heavy atom. The van der Waals surface area contributed by atoms with Gasteiger partial charge in [0.25, 0.3) is 0 Å². The van der Waals surface area contributed by atoms with E-state index in [1.807, 2.05) is 25.1 Å². The van der Waals surface area contributed by atoms with E-state index in [0.717, 1.165) is 17.6 Å². The first-order valence-electron chi connectivity index (χ1n) is 4.07. The molecule has 1 N–H and O–H groups in total. The fourth-order valence-electron chi connectivity index (χ4n) is 0.957. The van der Waals surface area contributed by atoms with Crippen molar-refractivity contribution in [2.24, 2.45) is 0 Å². The average Bonchev–Trinajstić information content (AvgIpc) is 2.16. The van der Waals surface area contributed by atoms with Gasteiger partial charge in [0.15, 0.2) is 0 Å². The quantitative estimate of drug-likeness (QED) is 0.737. The van der Waals surface area contributed by atoms with Gasteiger partial charge in [-0.05, 0) is 23.6 Å². The summed E-state index contributed by atoms with van der Waals surface area (Å²) in [6, 6.07) is 3.86. The highest BCUT2D eigenvalue weighted by atomic mass is 16.3. The maximum absolute atomic E-state index is 8.90. The smallest absolute Gasteiger partial charge is 0.0644 e. The van der Waals surface area contributed by atoms with Crippen LogP contribution in [0.1, 0.15) is 18.9 Å². The van der Waals surface area contributed by atoms with Gasteiger partial charge in [0, 0.05) is 12.4 Å². The molecule has 1 rings (SSSR count). The second-order valence-electron chi connectivity index (χ2n) is 2.60. The topological polar surface area (TPSA) is 33.1 Å². The first-order chi connectivity index (χ1) is 5.86. The summed E-state index contributed by atoms with van der Waals surface area (Å²) in [5.74, 6) is 0. The molecule has 0 aromatic carbocycles. The molecule has 1 aromatic heterocycles. The van der Waals surface area contributed by atoms with E-state index in [1.165, 1.54) is 0 Å². The molecule has 2 nitrogen and oxygen atoms in total. The highest BCUT2D eigenvalue weighted by Crippen LogP contribution is 2.06. The van der Waals surface area contributed by atoms with Crippen LogP contribution in [0.2, 0.25) is 0 Å². The maximum Gasteiger partial charge on any atom is 0.0644 e. The fraction of sp³-hybridized carbons (Fsp3) is 0.300. The molecule has 0 unspecified atom stereocenters. The summed E-state index contributed by atoms with van der Waals surface area (Å²) in [5.41, 5.74) is 2.08. The molecule has 0 saturated heterocycles. The Morgan fingerprint density at radius 2 is 2.50 bits per heavy atom. The van der Waals surface area contributed by atoms with Crippen molar-refractivity contribution >= 4 is 6.08 Å². The van der Waals surface area contributed by atoms with Crippen LogP contribution in [-0.4, -0.2) is 16.7 Å². The molecule has 0 aliphatic rings. The average molecular weight is 163 g/mol. The lowest BCUT2D eigenvalue weighted by atomic mass is 10.1. The number of rotatable bonds is 3. The van der Waals surface area contributed by atoms with E-state index < -0.39 is 0 Å². The molecule has 0 aliphatic heterocycles. The van der Waals surface area contributed by atoms with Crippen LogP contribution >= 0.6 is 0 Å². The van der Waals surface area contributed by atoms with Crippen LogP contribution in [0.5, 0.6) is 0 Å². The molecular weight excluding hydrogens is 150 g/mol. The van der Waals surface area contributed by atoms with Crippen molar-refractivity contribution in [3.8, 4) is 0 Å². The van der Waals surface area contributed by atoms with Gasteiger partial charge in [0.1, 0.15) is 0 Å². The lowest BCUT2D eigenvalue weighted by Gasteiger charge is -1.98. The first-order valence-corrected chi connectivity index (χ1v) is 4.07. The van der Waals surface area contributed by atoms with Crippen molar-refractivity contribution in [3.05, 3.63) is 35.7 Å². The number of hydrogen-bond acceptors (Lipinski definition) is 2. The zero-order valence-electron chi connectivity index (χ0n) is 7.20. The van der Waals surface area contributed by atoms with Gasteiger partial charge < -0.3 is 5.11 Å². The third-order valence-corrected chi connectivity index (χ3v) is 1.71. The highest BCUT2D eigenvalue weighted by molar-refractivity contribution is 5.51. The van der Waals surface area contributed by atoms with Crippen molar-refractivity contribution in [2.75, 3.05) is 6.61 Å². The van der Waals surface area contributed by atoms with Gasteiger partial charge in [-0.2, -0.15) is 0 Å². The normalized spacial score (nSPS) is 11.7. The SMILES string of the molecule is CCC(=Cc1cccnc1)CO. The molecule has 64 valence electrons. The number of pyridine rings is 1. The number of nitrogens with zero attached hydrogens (tertiary/aromatic N) is 1. The first kappa shape index (κ1) is 8.94. The fourth-order valence-corrected chi connectivity index (χ4v) is 0.957. The molecule has 12 heavy (non-hydrogen) atoms. The minimum atomic E-state index is 0.130. The van der Waals surface area contributed by atoms with E-state index in [1.54, 1.807) is 12.4 Å². The van der Waals surface area contributed by atoms with E-state index in [0.29, 0.717) is 0 Å². The van der Waals surface area contributed by atoms with Gasteiger partial charge in [0.05, 0.1) is 6.61 Å². The largest absolute Gasteiger partial charge is 0.392 e. The van der Waals surface area contributed by atoms with E-state index in [9.17, 15) is 0 Å². The van der Waals surface area contributed by atoms with E-state index in [-0.39, 0.29) is 6.61 Å². The third kappa shape index (κ3) is 2.47. The summed E-state index contributed by atoms with van der Waals surface area (Å²) >= 11 is 0. The van der Waals surface area contributed by atoms with Crippen LogP contribution < -0.4 is 0 Å². The van der Waals surface area contributed by atoms with Crippen molar-refractivity contribution in [2.45, 2.75) is 13.3 Å². The Labute approximate surface area is 72.6 Å². The summed E-state index contributed by atoms with van der Waals surface area (Å²) in [6.45, 7) is 2.16. The van der Waals surface area contributed by atoms with Gasteiger partial charge in [-0.3, -0.25) is 4.98 Å². The van der Waals surface area contributed by atoms with Crippen LogP contribution in [0.15, 0.2) is 30.1 Å². The van der Waals surface area contributed by atoms with Crippen LogP contribution in [0.3, 0.4) is 0 Å². The Hall–Kier alpha value is -1.15. The monoisotopic (exact) mass is 163 g/mol. The molecule has 0 saturated carbocycles. The minimum Gasteiger partial charge on any atom is -0.392 e. The Morgan fingerprint density at radius 1 is 1.67 bits per heavy atom. The predicted molar refractivity (Wildman–Crippen MR) is 49.6 cm³/mol. The van der Waals surface area contributed by atoms with Crippen LogP contribution in [0.25, 0.3) is 6.08 Å². The minimum absolute atomic E-state index is 0.130. The Bertz CT molecular complexity index is 248. The number of aliphatic hydroxyl groups is 1. The molecule has 0 amide bonds. The summed E-state index contributed by atoms with van der Waals surface area (Å²) in [5, 5.41) is 8.90. The van der Waals surface area contributed by atoms with Gasteiger partial charge in [0.2, 0.25) is 0 Å². The Kier molecular flexibility index (Phi) is 3.48. The van der Waals surface area contributed by atoms with Crippen molar-refractivity contribution < 1.29 is 5.11 Å². The molecule has 0 atom stereocenters. The van der Waals surface area contributed by atoms with Gasteiger partial charge >= 0.3 is 0 Å². The maximum atomic E-state index is 8.90. The lowest BCUT2D eigenvalue weighted by Crippen LogP contribution is -1.87. The summed E-state index contributed by atoms with van der Waals surface area (Å²) in [6.07, 6.45) is 6.37. The van der Waals surface area contributed by atoms with E-state index in [2.05, 4.69) is 4.98 Å². The van der Waals surface area contributed by atoms with E-state index >= 15 is 0 Å². The van der Waals surface area contributed by atoms with Crippen LogP contribution in [-0.2, 0) is 0 Å². The molecule has 0 fully saturated rings. The second-order valence-corrected chi connectivity index (χ2v) is 2.60. The number of aromatic nitrogens is 1. The number of hydrogen-bond donors (Lipinski definition) is 1. The standard InChI is InChI=1S/C10H13NO/c1-2-9(8-12)6-10-4-3-5-11-7-10/h3-7,12H,2,8H2,1H3. The molecule has 2 heteroatoms. The highest BCUT2D eigenvalue weighted by Gasteiger charge is 1.91. The van der Waals surface area contributed by atoms with Gasteiger partial charge in [-0.25, -0.2) is 0 Å². The zero-order valence-corrected chi connectivity index (χ0v) is 7.20. The molecule has 1 heterocycles. The third-order valence-electron chi connectivity index (χ3n) is 1.71.